The fraction of sp³-hybridized carbons (Fsp3) is 0.200. The van der Waals surface area contributed by atoms with Crippen molar-refractivity contribution in [2.24, 2.45) is 0 Å². The minimum absolute atomic E-state index is 0.271. The molecule has 0 amide bonds. The van der Waals surface area contributed by atoms with Crippen molar-refractivity contribution in [1.82, 2.24) is 0 Å². The van der Waals surface area contributed by atoms with Crippen molar-refractivity contribution in [1.29, 1.82) is 0 Å². The molecule has 21 heavy (non-hydrogen) atoms. The first-order valence-corrected chi connectivity index (χ1v) is 6.18. The van der Waals surface area contributed by atoms with Gasteiger partial charge in [0.15, 0.2) is 0 Å². The molecule has 0 atom stereocenters. The zero-order valence-corrected chi connectivity index (χ0v) is 11.2. The van der Waals surface area contributed by atoms with Crippen LogP contribution in [-0.4, -0.2) is 6.36 Å². The van der Waals surface area contributed by atoms with Crippen LogP contribution in [0.15, 0.2) is 42.5 Å². The van der Waals surface area contributed by atoms with E-state index in [1.165, 1.54) is 30.3 Å². The number of nitrogens with one attached hydrogen (secondary N) is 1. The van der Waals surface area contributed by atoms with Crippen molar-refractivity contribution < 1.29 is 22.3 Å². The zero-order valence-electron chi connectivity index (χ0n) is 11.2. The van der Waals surface area contributed by atoms with E-state index in [-0.39, 0.29) is 11.6 Å². The summed E-state index contributed by atoms with van der Waals surface area (Å²) in [5, 5.41) is 3.04. The third-order valence-corrected chi connectivity index (χ3v) is 2.81. The Morgan fingerprint density at radius 1 is 1.05 bits per heavy atom. The topological polar surface area (TPSA) is 21.3 Å². The lowest BCUT2D eigenvalue weighted by Gasteiger charge is -2.11. The molecule has 112 valence electrons. The molecule has 0 heterocycles. The summed E-state index contributed by atoms with van der Waals surface area (Å²) in [4.78, 5) is 0. The van der Waals surface area contributed by atoms with Crippen molar-refractivity contribution in [2.75, 3.05) is 5.32 Å². The molecule has 0 aliphatic heterocycles. The molecule has 6 heteroatoms. The Hall–Kier alpha value is -2.24. The lowest BCUT2D eigenvalue weighted by molar-refractivity contribution is -0.274. The van der Waals surface area contributed by atoms with E-state index >= 15 is 0 Å². The predicted molar refractivity (Wildman–Crippen MR) is 71.6 cm³/mol. The first kappa shape index (κ1) is 15.2. The van der Waals surface area contributed by atoms with Crippen LogP contribution in [0.25, 0.3) is 0 Å². The monoisotopic (exact) mass is 299 g/mol. The zero-order chi connectivity index (χ0) is 15.5. The molecule has 0 saturated carbocycles. The fourth-order valence-electron chi connectivity index (χ4n) is 1.80. The van der Waals surface area contributed by atoms with Crippen LogP contribution in [0.2, 0.25) is 0 Å². The summed E-state index contributed by atoms with van der Waals surface area (Å²) in [6.07, 6.45) is -4.69. The van der Waals surface area contributed by atoms with Gasteiger partial charge in [-0.2, -0.15) is 0 Å². The Morgan fingerprint density at radius 2 is 1.71 bits per heavy atom. The highest BCUT2D eigenvalue weighted by molar-refractivity contribution is 5.47. The van der Waals surface area contributed by atoms with E-state index < -0.39 is 6.36 Å². The van der Waals surface area contributed by atoms with Crippen LogP contribution < -0.4 is 10.1 Å². The van der Waals surface area contributed by atoms with Crippen LogP contribution in [-0.2, 0) is 6.54 Å². The quantitative estimate of drug-likeness (QED) is 0.830. The van der Waals surface area contributed by atoms with Gasteiger partial charge in [0.25, 0.3) is 0 Å². The second-order valence-electron chi connectivity index (χ2n) is 4.51. The summed E-state index contributed by atoms with van der Waals surface area (Å²) in [7, 11) is 0. The average molecular weight is 299 g/mol. The molecule has 0 spiro atoms. The van der Waals surface area contributed by atoms with E-state index in [1.807, 2.05) is 0 Å². The SMILES string of the molecule is Cc1cc(CNc2ccc(OC(F)(F)F)cc2)ccc1F. The van der Waals surface area contributed by atoms with Gasteiger partial charge < -0.3 is 10.1 Å². The number of aryl methyl sites for hydroxylation is 1. The van der Waals surface area contributed by atoms with Crippen molar-refractivity contribution in [3.63, 3.8) is 0 Å². The third-order valence-electron chi connectivity index (χ3n) is 2.81. The molecule has 0 saturated heterocycles. The summed E-state index contributed by atoms with van der Waals surface area (Å²) in [5.74, 6) is -0.543. The van der Waals surface area contributed by atoms with E-state index in [0.29, 0.717) is 17.8 Å². The van der Waals surface area contributed by atoms with Crippen molar-refractivity contribution >= 4 is 5.69 Å². The Balaban J connectivity index is 1.96. The molecule has 0 aliphatic rings. The summed E-state index contributed by atoms with van der Waals surface area (Å²) in [6.45, 7) is 2.11. The van der Waals surface area contributed by atoms with Gasteiger partial charge in [-0.15, -0.1) is 13.2 Å². The van der Waals surface area contributed by atoms with Gasteiger partial charge in [0.05, 0.1) is 0 Å². The molecular weight excluding hydrogens is 286 g/mol. The molecule has 2 nitrogen and oxygen atoms in total. The van der Waals surface area contributed by atoms with Gasteiger partial charge in [0.1, 0.15) is 11.6 Å². The summed E-state index contributed by atoms with van der Waals surface area (Å²) >= 11 is 0. The Morgan fingerprint density at radius 3 is 2.29 bits per heavy atom. The van der Waals surface area contributed by atoms with Crippen molar-refractivity contribution in [2.45, 2.75) is 19.8 Å². The maximum absolute atomic E-state index is 13.1. The van der Waals surface area contributed by atoms with Crippen molar-refractivity contribution in [3.8, 4) is 5.75 Å². The minimum atomic E-state index is -4.69. The van der Waals surface area contributed by atoms with Gasteiger partial charge in [-0.25, -0.2) is 4.39 Å². The van der Waals surface area contributed by atoms with Gasteiger partial charge in [-0.3, -0.25) is 0 Å². The van der Waals surface area contributed by atoms with Crippen molar-refractivity contribution in [3.05, 3.63) is 59.4 Å². The number of hydrogen-bond donors (Lipinski definition) is 1. The molecule has 2 rings (SSSR count). The molecule has 0 bridgehead atoms. The molecule has 0 aromatic heterocycles. The molecule has 0 radical (unpaired) electrons. The first-order valence-electron chi connectivity index (χ1n) is 6.18. The number of rotatable bonds is 4. The van der Waals surface area contributed by atoms with Crippen LogP contribution in [0.3, 0.4) is 0 Å². The molecule has 2 aromatic carbocycles. The van der Waals surface area contributed by atoms with Crippen LogP contribution in [0, 0.1) is 12.7 Å². The Bertz CT molecular complexity index is 608. The van der Waals surface area contributed by atoms with Crippen LogP contribution in [0.5, 0.6) is 5.75 Å². The van der Waals surface area contributed by atoms with Gasteiger partial charge >= 0.3 is 6.36 Å². The average Bonchev–Trinajstić information content (AvgIpc) is 2.40. The minimum Gasteiger partial charge on any atom is -0.406 e. The highest BCUT2D eigenvalue weighted by Crippen LogP contribution is 2.24. The standard InChI is InChI=1S/C15H13F4NO/c1-10-8-11(2-7-14(10)16)9-20-12-3-5-13(6-4-12)21-15(17,18)19/h2-8,20H,9H2,1H3. The van der Waals surface area contributed by atoms with E-state index in [0.717, 1.165) is 5.56 Å². The van der Waals surface area contributed by atoms with E-state index in [2.05, 4.69) is 10.1 Å². The highest BCUT2D eigenvalue weighted by Gasteiger charge is 2.30. The normalized spacial score (nSPS) is 11.3. The summed E-state index contributed by atoms with van der Waals surface area (Å²) in [5.41, 5.74) is 2.07. The predicted octanol–water partition coefficient (Wildman–Crippen LogP) is 4.64. The van der Waals surface area contributed by atoms with Gasteiger partial charge in [-0.1, -0.05) is 12.1 Å². The Labute approximate surface area is 119 Å². The number of halogens is 4. The largest absolute Gasteiger partial charge is 0.573 e. The molecular formula is C15H13F4NO. The summed E-state index contributed by atoms with van der Waals surface area (Å²) < 4.78 is 52.9. The van der Waals surface area contributed by atoms with E-state index in [4.69, 9.17) is 0 Å². The van der Waals surface area contributed by atoms with Gasteiger partial charge in [-0.05, 0) is 48.4 Å². The number of ether oxygens (including phenoxy) is 1. The smallest absolute Gasteiger partial charge is 0.406 e. The van der Waals surface area contributed by atoms with E-state index in [1.54, 1.807) is 19.1 Å². The molecule has 2 aromatic rings. The van der Waals surface area contributed by atoms with Gasteiger partial charge in [0.2, 0.25) is 0 Å². The fourth-order valence-corrected chi connectivity index (χ4v) is 1.80. The third kappa shape index (κ3) is 4.66. The van der Waals surface area contributed by atoms with Gasteiger partial charge in [0, 0.05) is 12.2 Å². The van der Waals surface area contributed by atoms with E-state index in [9.17, 15) is 17.6 Å². The Kier molecular flexibility index (Phi) is 4.35. The maximum Gasteiger partial charge on any atom is 0.573 e. The molecule has 0 aliphatic carbocycles. The molecule has 1 N–H and O–H groups in total. The maximum atomic E-state index is 13.1. The van der Waals surface area contributed by atoms with Crippen LogP contribution in [0.4, 0.5) is 23.2 Å². The number of hydrogen-bond acceptors (Lipinski definition) is 2. The number of benzene rings is 2. The molecule has 0 fully saturated rings. The van der Waals surface area contributed by atoms with Crippen LogP contribution in [0.1, 0.15) is 11.1 Å². The lowest BCUT2D eigenvalue weighted by Crippen LogP contribution is -2.17. The second kappa shape index (κ2) is 6.03. The number of anilines is 1. The lowest BCUT2D eigenvalue weighted by atomic mass is 10.1. The second-order valence-corrected chi connectivity index (χ2v) is 4.51. The first-order chi connectivity index (χ1) is 9.83. The summed E-state index contributed by atoms with van der Waals surface area (Å²) in [6, 6.07) is 10.2. The highest BCUT2D eigenvalue weighted by atomic mass is 19.4. The van der Waals surface area contributed by atoms with Crippen LogP contribution >= 0.6 is 0 Å². The molecule has 0 unspecified atom stereocenters. The number of alkyl halides is 3.